The Morgan fingerprint density at radius 2 is 1.86 bits per heavy atom. The number of carbonyl (C=O) groups excluding carboxylic acids is 1. The molecule has 0 radical (unpaired) electrons. The smallest absolute Gasteiger partial charge is 0.174 e. The van der Waals surface area contributed by atoms with Crippen molar-refractivity contribution in [3.05, 3.63) is 41.0 Å². The number of hydrogen-bond donors (Lipinski definition) is 1. The van der Waals surface area contributed by atoms with Crippen LogP contribution in [0.1, 0.15) is 54.3 Å². The average molecular weight is 384 g/mol. The van der Waals surface area contributed by atoms with Gasteiger partial charge in [-0.3, -0.25) is 4.79 Å². The highest BCUT2D eigenvalue weighted by Gasteiger charge is 2.36. The third-order valence-electron chi connectivity index (χ3n) is 5.39. The van der Waals surface area contributed by atoms with Crippen molar-refractivity contribution in [2.75, 3.05) is 14.2 Å². The van der Waals surface area contributed by atoms with Crippen molar-refractivity contribution >= 4 is 5.78 Å². The maximum absolute atomic E-state index is 12.8. The highest BCUT2D eigenvalue weighted by Crippen LogP contribution is 2.48. The van der Waals surface area contributed by atoms with Crippen LogP contribution in [-0.4, -0.2) is 30.7 Å². The first-order chi connectivity index (χ1) is 13.3. The monoisotopic (exact) mass is 384 g/mol. The molecular formula is C22H24O6. The highest BCUT2D eigenvalue weighted by molar-refractivity contribution is 6.03. The molecule has 148 valence electrons. The summed E-state index contributed by atoms with van der Waals surface area (Å²) in [5, 5.41) is 10.7. The van der Waals surface area contributed by atoms with Gasteiger partial charge in [-0.25, -0.2) is 0 Å². The lowest BCUT2D eigenvalue weighted by atomic mass is 9.89. The van der Waals surface area contributed by atoms with E-state index in [0.29, 0.717) is 35.0 Å². The number of benzene rings is 2. The van der Waals surface area contributed by atoms with Gasteiger partial charge in [0, 0.05) is 11.6 Å². The van der Waals surface area contributed by atoms with Crippen LogP contribution in [0.3, 0.4) is 0 Å². The molecule has 0 saturated carbocycles. The fourth-order valence-electron chi connectivity index (χ4n) is 3.84. The summed E-state index contributed by atoms with van der Waals surface area (Å²) < 4.78 is 22.8. The molecular weight excluding hydrogens is 360 g/mol. The van der Waals surface area contributed by atoms with Gasteiger partial charge in [-0.1, -0.05) is 6.07 Å². The van der Waals surface area contributed by atoms with Crippen molar-refractivity contribution in [3.63, 3.8) is 0 Å². The Hall–Kier alpha value is -2.89. The van der Waals surface area contributed by atoms with Gasteiger partial charge in [-0.05, 0) is 44.4 Å². The predicted molar refractivity (Wildman–Crippen MR) is 103 cm³/mol. The average Bonchev–Trinajstić information content (AvgIpc) is 2.66. The summed E-state index contributed by atoms with van der Waals surface area (Å²) in [6, 6.07) is 7.17. The van der Waals surface area contributed by atoms with Crippen molar-refractivity contribution < 1.29 is 28.8 Å². The van der Waals surface area contributed by atoms with Crippen LogP contribution in [0.2, 0.25) is 0 Å². The first kappa shape index (κ1) is 18.5. The maximum Gasteiger partial charge on any atom is 0.174 e. The van der Waals surface area contributed by atoms with E-state index in [0.717, 1.165) is 12.0 Å². The minimum absolute atomic E-state index is 0.0150. The quantitative estimate of drug-likeness (QED) is 0.854. The topological polar surface area (TPSA) is 74.2 Å². The molecule has 0 spiro atoms. The molecule has 2 aliphatic heterocycles. The van der Waals surface area contributed by atoms with Crippen molar-refractivity contribution in [2.24, 2.45) is 0 Å². The number of methoxy groups -OCH3 is 2. The maximum atomic E-state index is 12.8. The van der Waals surface area contributed by atoms with Gasteiger partial charge in [-0.15, -0.1) is 0 Å². The molecule has 2 aromatic carbocycles. The SMILES string of the molecule is COc1ccc(C2CC(=O)c3c(cc4c(c3O)CCC(C)(C)O4)O2)cc1OC. The molecule has 0 bridgehead atoms. The predicted octanol–water partition coefficient (Wildman–Crippen LogP) is 4.22. The van der Waals surface area contributed by atoms with E-state index in [-0.39, 0.29) is 29.1 Å². The zero-order valence-corrected chi connectivity index (χ0v) is 16.5. The Morgan fingerprint density at radius 1 is 1.11 bits per heavy atom. The Morgan fingerprint density at radius 3 is 2.57 bits per heavy atom. The van der Waals surface area contributed by atoms with Crippen LogP contribution in [0.5, 0.6) is 28.7 Å². The Balaban J connectivity index is 1.72. The molecule has 0 aromatic heterocycles. The Labute approximate surface area is 164 Å². The number of ketones is 1. The number of aromatic hydroxyl groups is 1. The number of phenolic OH excluding ortho intramolecular Hbond substituents is 1. The minimum Gasteiger partial charge on any atom is -0.507 e. The molecule has 1 N–H and O–H groups in total. The van der Waals surface area contributed by atoms with E-state index in [4.69, 9.17) is 18.9 Å². The normalized spacial score (nSPS) is 19.7. The van der Waals surface area contributed by atoms with Crippen LogP contribution < -0.4 is 18.9 Å². The molecule has 6 heteroatoms. The van der Waals surface area contributed by atoms with Gasteiger partial charge < -0.3 is 24.1 Å². The fraction of sp³-hybridized carbons (Fsp3) is 0.409. The minimum atomic E-state index is -0.478. The fourth-order valence-corrected chi connectivity index (χ4v) is 3.84. The van der Waals surface area contributed by atoms with E-state index in [1.54, 1.807) is 32.4 Å². The number of phenols is 1. The number of rotatable bonds is 3. The summed E-state index contributed by atoms with van der Waals surface area (Å²) in [5.41, 5.74) is 1.41. The lowest BCUT2D eigenvalue weighted by molar-refractivity contribution is 0.0783. The second-order valence-electron chi connectivity index (χ2n) is 7.78. The molecule has 1 atom stereocenters. The first-order valence-corrected chi connectivity index (χ1v) is 9.32. The van der Waals surface area contributed by atoms with Crippen LogP contribution in [0.15, 0.2) is 24.3 Å². The van der Waals surface area contributed by atoms with E-state index in [2.05, 4.69) is 0 Å². The van der Waals surface area contributed by atoms with Gasteiger partial charge in [0.2, 0.25) is 0 Å². The molecule has 2 aromatic rings. The van der Waals surface area contributed by atoms with E-state index in [1.807, 2.05) is 19.9 Å². The third kappa shape index (κ3) is 3.03. The number of carbonyl (C=O) groups is 1. The largest absolute Gasteiger partial charge is 0.507 e. The van der Waals surface area contributed by atoms with Crippen LogP contribution >= 0.6 is 0 Å². The van der Waals surface area contributed by atoms with Gasteiger partial charge in [0.25, 0.3) is 0 Å². The van der Waals surface area contributed by atoms with Crippen LogP contribution in [0.4, 0.5) is 0 Å². The lowest BCUT2D eigenvalue weighted by Gasteiger charge is -2.35. The standard InChI is InChI=1S/C22H24O6/c1-22(2)8-7-13-17(28-22)11-19-20(21(13)24)14(23)10-16(27-19)12-5-6-15(25-3)18(9-12)26-4/h5-6,9,11,16,24H,7-8,10H2,1-4H3. The molecule has 0 fully saturated rings. The summed E-state index contributed by atoms with van der Waals surface area (Å²) in [6.45, 7) is 4.01. The lowest BCUT2D eigenvalue weighted by Crippen LogP contribution is -2.33. The van der Waals surface area contributed by atoms with Gasteiger partial charge >= 0.3 is 0 Å². The molecule has 6 nitrogen and oxygen atoms in total. The summed E-state index contributed by atoms with van der Waals surface area (Å²) in [5.74, 6) is 1.94. The summed E-state index contributed by atoms with van der Waals surface area (Å²) >= 11 is 0. The van der Waals surface area contributed by atoms with Gasteiger partial charge in [-0.2, -0.15) is 0 Å². The summed E-state index contributed by atoms with van der Waals surface area (Å²) in [4.78, 5) is 12.8. The zero-order chi connectivity index (χ0) is 20.1. The summed E-state index contributed by atoms with van der Waals surface area (Å²) in [7, 11) is 3.13. The van der Waals surface area contributed by atoms with Gasteiger partial charge in [0.05, 0.1) is 20.6 Å². The Bertz CT molecular complexity index is 947. The van der Waals surface area contributed by atoms with Gasteiger partial charge in [0.15, 0.2) is 17.3 Å². The molecule has 0 aliphatic carbocycles. The molecule has 2 aliphatic rings. The molecule has 4 rings (SSSR count). The second kappa shape index (κ2) is 6.62. The number of ether oxygens (including phenoxy) is 4. The summed E-state index contributed by atoms with van der Waals surface area (Å²) in [6.07, 6.45) is 1.10. The van der Waals surface area contributed by atoms with E-state index >= 15 is 0 Å². The van der Waals surface area contributed by atoms with E-state index in [1.165, 1.54) is 0 Å². The molecule has 0 amide bonds. The Kier molecular flexibility index (Phi) is 4.37. The highest BCUT2D eigenvalue weighted by atomic mass is 16.5. The number of hydrogen-bond acceptors (Lipinski definition) is 6. The second-order valence-corrected chi connectivity index (χ2v) is 7.78. The van der Waals surface area contributed by atoms with E-state index < -0.39 is 6.10 Å². The van der Waals surface area contributed by atoms with Crippen molar-refractivity contribution in [2.45, 2.75) is 44.8 Å². The van der Waals surface area contributed by atoms with Crippen molar-refractivity contribution in [1.29, 1.82) is 0 Å². The van der Waals surface area contributed by atoms with Crippen LogP contribution in [0.25, 0.3) is 0 Å². The molecule has 2 heterocycles. The number of Topliss-reactive ketones (excluding diaryl/α,β-unsaturated/α-hetero) is 1. The van der Waals surface area contributed by atoms with E-state index in [9.17, 15) is 9.90 Å². The van der Waals surface area contributed by atoms with Crippen molar-refractivity contribution in [1.82, 2.24) is 0 Å². The van der Waals surface area contributed by atoms with Crippen LogP contribution in [-0.2, 0) is 6.42 Å². The molecule has 1 unspecified atom stereocenters. The zero-order valence-electron chi connectivity index (χ0n) is 16.5. The van der Waals surface area contributed by atoms with Crippen LogP contribution in [0, 0.1) is 0 Å². The number of fused-ring (bicyclic) bond motifs is 2. The third-order valence-corrected chi connectivity index (χ3v) is 5.39. The van der Waals surface area contributed by atoms with Crippen molar-refractivity contribution in [3.8, 4) is 28.7 Å². The first-order valence-electron chi connectivity index (χ1n) is 9.32. The molecule has 0 saturated heterocycles. The molecule has 28 heavy (non-hydrogen) atoms. The van der Waals surface area contributed by atoms with Gasteiger partial charge in [0.1, 0.15) is 34.5 Å².